The Morgan fingerprint density at radius 3 is 2.62 bits per heavy atom. The fraction of sp³-hybridized carbons (Fsp3) is 0.385. The number of nitrogens with two attached hydrogens (primary N) is 1. The smallest absolute Gasteiger partial charge is 0.195 e. The monoisotopic (exact) mass is 310 g/mol. The second-order valence-electron chi connectivity index (χ2n) is 4.28. The lowest BCUT2D eigenvalue weighted by molar-refractivity contribution is 0.113. The highest BCUT2D eigenvalue weighted by molar-refractivity contribution is 7.99. The van der Waals surface area contributed by atoms with E-state index >= 15 is 0 Å². The number of rotatable bonds is 7. The topological polar surface area (TPSA) is 106 Å². The lowest BCUT2D eigenvalue weighted by Gasteiger charge is -2.11. The highest BCUT2D eigenvalue weighted by Gasteiger charge is 2.15. The molecule has 7 nitrogen and oxygen atoms in total. The minimum atomic E-state index is -0.794. The van der Waals surface area contributed by atoms with E-state index in [0.717, 1.165) is 11.4 Å². The summed E-state index contributed by atoms with van der Waals surface area (Å²) in [5, 5.41) is 27.1. The number of thioether (sulfide) groups is 1. The Balaban J connectivity index is 2.28. The quantitative estimate of drug-likeness (QED) is 0.626. The Kier molecular flexibility index (Phi) is 5.57. The van der Waals surface area contributed by atoms with Gasteiger partial charge < -0.3 is 20.7 Å². The SMILES string of the molecule is COc1ccc(-n2c(CN)nnc2SC[C@@H](O)CO)cc1. The summed E-state index contributed by atoms with van der Waals surface area (Å²) in [7, 11) is 1.61. The maximum atomic E-state index is 9.44. The fourth-order valence-corrected chi connectivity index (χ4v) is 2.63. The highest BCUT2D eigenvalue weighted by Crippen LogP contribution is 2.24. The van der Waals surface area contributed by atoms with Gasteiger partial charge in [0.2, 0.25) is 0 Å². The summed E-state index contributed by atoms with van der Waals surface area (Å²) in [4.78, 5) is 0. The van der Waals surface area contributed by atoms with Crippen molar-refractivity contribution in [1.82, 2.24) is 14.8 Å². The van der Waals surface area contributed by atoms with E-state index in [1.54, 1.807) is 7.11 Å². The predicted molar refractivity (Wildman–Crippen MR) is 79.6 cm³/mol. The lowest BCUT2D eigenvalue weighted by atomic mass is 10.3. The van der Waals surface area contributed by atoms with Gasteiger partial charge in [0, 0.05) is 11.4 Å². The van der Waals surface area contributed by atoms with Gasteiger partial charge in [-0.2, -0.15) is 0 Å². The molecule has 0 radical (unpaired) electrons. The average Bonchev–Trinajstić information content (AvgIpc) is 2.95. The third-order valence-corrected chi connectivity index (χ3v) is 3.90. The molecule has 1 heterocycles. The molecular weight excluding hydrogens is 292 g/mol. The molecule has 0 aliphatic heterocycles. The van der Waals surface area contributed by atoms with Gasteiger partial charge in [-0.3, -0.25) is 4.57 Å². The Hall–Kier alpha value is -1.61. The highest BCUT2D eigenvalue weighted by atomic mass is 32.2. The summed E-state index contributed by atoms with van der Waals surface area (Å²) in [5.41, 5.74) is 6.56. The van der Waals surface area contributed by atoms with Crippen LogP contribution in [0.5, 0.6) is 5.75 Å². The molecule has 0 fully saturated rings. The van der Waals surface area contributed by atoms with Gasteiger partial charge >= 0.3 is 0 Å². The second-order valence-corrected chi connectivity index (χ2v) is 5.27. The Morgan fingerprint density at radius 1 is 1.33 bits per heavy atom. The van der Waals surface area contributed by atoms with Crippen LogP contribution in [-0.2, 0) is 6.54 Å². The average molecular weight is 310 g/mol. The first-order valence-electron chi connectivity index (χ1n) is 6.40. The van der Waals surface area contributed by atoms with Crippen molar-refractivity contribution >= 4 is 11.8 Å². The van der Waals surface area contributed by atoms with Crippen LogP contribution in [-0.4, -0.2) is 50.6 Å². The molecule has 0 aliphatic rings. The maximum absolute atomic E-state index is 9.44. The standard InChI is InChI=1S/C13H18N4O3S/c1-20-11-4-2-9(3-5-11)17-12(6-14)15-16-13(17)21-8-10(19)7-18/h2-5,10,18-19H,6-8,14H2,1H3/t10-/m0/s1. The van der Waals surface area contributed by atoms with Crippen LogP contribution in [0.15, 0.2) is 29.4 Å². The van der Waals surface area contributed by atoms with E-state index < -0.39 is 6.10 Å². The van der Waals surface area contributed by atoms with Crippen molar-refractivity contribution in [2.45, 2.75) is 17.8 Å². The van der Waals surface area contributed by atoms with Crippen LogP contribution in [0.3, 0.4) is 0 Å². The van der Waals surface area contributed by atoms with Crippen LogP contribution >= 0.6 is 11.8 Å². The molecule has 0 amide bonds. The summed E-state index contributed by atoms with van der Waals surface area (Å²) < 4.78 is 6.96. The zero-order valence-electron chi connectivity index (χ0n) is 11.6. The minimum absolute atomic E-state index is 0.252. The number of nitrogens with zero attached hydrogens (tertiary/aromatic N) is 3. The zero-order valence-corrected chi connectivity index (χ0v) is 12.5. The Morgan fingerprint density at radius 2 is 2.05 bits per heavy atom. The van der Waals surface area contributed by atoms with Crippen molar-refractivity contribution in [3.8, 4) is 11.4 Å². The number of aliphatic hydroxyl groups is 2. The van der Waals surface area contributed by atoms with Crippen LogP contribution < -0.4 is 10.5 Å². The summed E-state index contributed by atoms with van der Waals surface area (Å²) in [6.45, 7) is -0.0322. The van der Waals surface area contributed by atoms with Crippen molar-refractivity contribution < 1.29 is 14.9 Å². The van der Waals surface area contributed by atoms with Crippen molar-refractivity contribution in [1.29, 1.82) is 0 Å². The fourth-order valence-electron chi connectivity index (χ4n) is 1.74. The number of hydrogen-bond acceptors (Lipinski definition) is 7. The molecule has 114 valence electrons. The molecule has 0 spiro atoms. The second kappa shape index (κ2) is 7.41. The van der Waals surface area contributed by atoms with Gasteiger partial charge in [0.15, 0.2) is 11.0 Å². The number of aliphatic hydroxyl groups excluding tert-OH is 2. The van der Waals surface area contributed by atoms with E-state index in [1.165, 1.54) is 11.8 Å². The Labute approximate surface area is 126 Å². The van der Waals surface area contributed by atoms with Crippen molar-refractivity contribution in [3.05, 3.63) is 30.1 Å². The number of hydrogen-bond donors (Lipinski definition) is 3. The molecule has 0 saturated carbocycles. The van der Waals surface area contributed by atoms with Crippen molar-refractivity contribution in [3.63, 3.8) is 0 Å². The molecule has 1 aromatic carbocycles. The Bertz CT molecular complexity index is 573. The van der Waals surface area contributed by atoms with Crippen LogP contribution in [0, 0.1) is 0 Å². The molecule has 2 aromatic rings. The molecule has 2 rings (SSSR count). The van der Waals surface area contributed by atoms with Crippen molar-refractivity contribution in [2.24, 2.45) is 5.73 Å². The molecule has 0 unspecified atom stereocenters. The summed E-state index contributed by atoms with van der Waals surface area (Å²) in [6.07, 6.45) is -0.794. The molecular formula is C13H18N4O3S. The van der Waals surface area contributed by atoms with Gasteiger partial charge in [0.1, 0.15) is 5.75 Å². The van der Waals surface area contributed by atoms with E-state index in [-0.39, 0.29) is 13.2 Å². The van der Waals surface area contributed by atoms with Gasteiger partial charge in [-0.25, -0.2) is 0 Å². The van der Waals surface area contributed by atoms with Crippen LogP contribution in [0.4, 0.5) is 0 Å². The largest absolute Gasteiger partial charge is 0.497 e. The number of benzene rings is 1. The van der Waals surface area contributed by atoms with E-state index in [0.29, 0.717) is 16.7 Å². The van der Waals surface area contributed by atoms with Gasteiger partial charge in [-0.1, -0.05) is 11.8 Å². The van der Waals surface area contributed by atoms with E-state index in [1.807, 2.05) is 28.8 Å². The summed E-state index contributed by atoms with van der Waals surface area (Å²) in [6, 6.07) is 7.45. The minimum Gasteiger partial charge on any atom is -0.497 e. The van der Waals surface area contributed by atoms with E-state index in [9.17, 15) is 5.11 Å². The van der Waals surface area contributed by atoms with Crippen molar-refractivity contribution in [2.75, 3.05) is 19.5 Å². The van der Waals surface area contributed by atoms with E-state index in [2.05, 4.69) is 10.2 Å². The maximum Gasteiger partial charge on any atom is 0.195 e. The zero-order chi connectivity index (χ0) is 15.2. The third kappa shape index (κ3) is 3.73. The molecule has 21 heavy (non-hydrogen) atoms. The summed E-state index contributed by atoms with van der Waals surface area (Å²) in [5.74, 6) is 1.71. The van der Waals surface area contributed by atoms with Crippen LogP contribution in [0.2, 0.25) is 0 Å². The molecule has 4 N–H and O–H groups in total. The number of methoxy groups -OCH3 is 1. The molecule has 1 atom stereocenters. The third-order valence-electron chi connectivity index (χ3n) is 2.83. The summed E-state index contributed by atoms with van der Waals surface area (Å²) >= 11 is 1.31. The molecule has 0 bridgehead atoms. The first kappa shape index (κ1) is 15.8. The number of aromatic nitrogens is 3. The first-order valence-corrected chi connectivity index (χ1v) is 7.38. The molecule has 1 aromatic heterocycles. The predicted octanol–water partition coefficient (Wildman–Crippen LogP) is 0.180. The first-order chi connectivity index (χ1) is 10.2. The normalized spacial score (nSPS) is 12.4. The molecule has 0 saturated heterocycles. The molecule has 8 heteroatoms. The van der Waals surface area contributed by atoms with Crippen LogP contribution in [0.1, 0.15) is 5.82 Å². The molecule has 0 aliphatic carbocycles. The van der Waals surface area contributed by atoms with Gasteiger partial charge in [-0.15, -0.1) is 10.2 Å². The van der Waals surface area contributed by atoms with Crippen LogP contribution in [0.25, 0.3) is 5.69 Å². The van der Waals surface area contributed by atoms with Gasteiger partial charge in [0.05, 0.1) is 26.4 Å². The van der Waals surface area contributed by atoms with Gasteiger partial charge in [0.25, 0.3) is 0 Å². The number of ether oxygens (including phenoxy) is 1. The van der Waals surface area contributed by atoms with Gasteiger partial charge in [-0.05, 0) is 24.3 Å². The lowest BCUT2D eigenvalue weighted by Crippen LogP contribution is -2.15. The van der Waals surface area contributed by atoms with E-state index in [4.69, 9.17) is 15.6 Å².